The maximum Gasteiger partial charge on any atom is 0.404 e. The molecule has 0 saturated carbocycles. The summed E-state index contributed by atoms with van der Waals surface area (Å²) in [7, 11) is -4.14. The maximum absolute atomic E-state index is 13.1. The zero-order valence-electron chi connectivity index (χ0n) is 14.0. The van der Waals surface area contributed by atoms with E-state index in [-0.39, 0.29) is 17.4 Å². The second-order valence-corrected chi connectivity index (χ2v) is 8.12. The van der Waals surface area contributed by atoms with Crippen LogP contribution in [0.1, 0.15) is 26.7 Å². The molecule has 0 aromatic heterocycles. The van der Waals surface area contributed by atoms with Gasteiger partial charge in [-0.05, 0) is 31.7 Å². The number of rotatable bonds is 4. The number of hydrogen-bond acceptors (Lipinski definition) is 5. The number of sulfonamides is 1. The third-order valence-corrected chi connectivity index (χ3v) is 6.58. The molecule has 138 valence electrons. The van der Waals surface area contributed by atoms with Crippen molar-refractivity contribution in [2.24, 2.45) is 5.92 Å². The lowest BCUT2D eigenvalue weighted by atomic mass is 9.97. The molecule has 1 aromatic rings. The third-order valence-electron chi connectivity index (χ3n) is 4.55. The van der Waals surface area contributed by atoms with Gasteiger partial charge in [-0.15, -0.1) is 0 Å². The molecule has 3 atom stereocenters. The number of nitro groups is 1. The first-order valence-electron chi connectivity index (χ1n) is 7.89. The van der Waals surface area contributed by atoms with Crippen LogP contribution in [-0.2, 0) is 10.0 Å². The van der Waals surface area contributed by atoms with Gasteiger partial charge >= 0.3 is 6.09 Å². The van der Waals surface area contributed by atoms with E-state index in [4.69, 9.17) is 5.11 Å². The Bertz CT molecular complexity index is 766. The number of hydrogen-bond donors (Lipinski definition) is 2. The maximum atomic E-state index is 13.1. The van der Waals surface area contributed by atoms with Crippen LogP contribution in [0, 0.1) is 16.0 Å². The molecule has 10 heteroatoms. The zero-order chi connectivity index (χ0) is 18.8. The first kappa shape index (κ1) is 19.1. The molecule has 0 spiro atoms. The van der Waals surface area contributed by atoms with Crippen LogP contribution in [0.4, 0.5) is 10.5 Å². The van der Waals surface area contributed by atoms with E-state index in [0.717, 1.165) is 6.07 Å². The molecule has 1 aliphatic rings. The van der Waals surface area contributed by atoms with Gasteiger partial charge in [-0.25, -0.2) is 13.2 Å². The molecule has 2 rings (SSSR count). The van der Waals surface area contributed by atoms with Crippen LogP contribution < -0.4 is 5.32 Å². The molecule has 1 fully saturated rings. The fourth-order valence-corrected chi connectivity index (χ4v) is 4.88. The number of carboxylic acid groups (broad SMARTS) is 1. The van der Waals surface area contributed by atoms with Crippen molar-refractivity contribution in [1.82, 2.24) is 9.62 Å². The second kappa shape index (κ2) is 7.36. The summed E-state index contributed by atoms with van der Waals surface area (Å²) in [6, 6.07) is 4.20. The molecule has 9 nitrogen and oxygen atoms in total. The molecule has 1 aromatic carbocycles. The minimum absolute atomic E-state index is 0.0514. The fourth-order valence-electron chi connectivity index (χ4n) is 3.04. The van der Waals surface area contributed by atoms with Crippen molar-refractivity contribution < 1.29 is 23.2 Å². The van der Waals surface area contributed by atoms with Crippen LogP contribution >= 0.6 is 0 Å². The highest BCUT2D eigenvalue weighted by Crippen LogP contribution is 2.31. The minimum atomic E-state index is -4.14. The van der Waals surface area contributed by atoms with Gasteiger partial charge in [-0.2, -0.15) is 4.31 Å². The van der Waals surface area contributed by atoms with Gasteiger partial charge in [0.1, 0.15) is 0 Å². The monoisotopic (exact) mass is 371 g/mol. The summed E-state index contributed by atoms with van der Waals surface area (Å²) >= 11 is 0. The number of nitro benzene ring substituents is 1. The molecule has 1 amide bonds. The van der Waals surface area contributed by atoms with Crippen LogP contribution in [0.5, 0.6) is 0 Å². The SMILES string of the molecule is C[C@H]1CC[C@H](C)N(S(=O)(=O)c2ccccc2[N+](=O)[O-])C[C@H]1NC(=O)O. The van der Waals surface area contributed by atoms with Crippen molar-refractivity contribution in [2.75, 3.05) is 6.54 Å². The number of benzene rings is 1. The van der Waals surface area contributed by atoms with Crippen molar-refractivity contribution in [3.05, 3.63) is 34.4 Å². The normalized spacial score (nSPS) is 25.1. The van der Waals surface area contributed by atoms with Crippen molar-refractivity contribution in [3.63, 3.8) is 0 Å². The van der Waals surface area contributed by atoms with E-state index in [1.165, 1.54) is 22.5 Å². The van der Waals surface area contributed by atoms with Gasteiger partial charge in [-0.3, -0.25) is 10.1 Å². The van der Waals surface area contributed by atoms with Crippen LogP contribution in [0.3, 0.4) is 0 Å². The standard InChI is InChI=1S/C15H21N3O6S/c1-10-7-8-11(2)17(9-12(10)16-15(19)20)25(23,24)14-6-4-3-5-13(14)18(21)22/h3-6,10-12,16H,7-9H2,1-2H3,(H,19,20)/t10-,11-,12+/m0/s1. The Morgan fingerprint density at radius 2 is 1.96 bits per heavy atom. The highest BCUT2D eigenvalue weighted by atomic mass is 32.2. The predicted octanol–water partition coefficient (Wildman–Crippen LogP) is 2.04. The summed E-state index contributed by atoms with van der Waals surface area (Å²) in [6.45, 7) is 3.51. The Labute approximate surface area is 145 Å². The smallest absolute Gasteiger partial charge is 0.404 e. The molecule has 0 aliphatic carbocycles. The van der Waals surface area contributed by atoms with E-state index in [9.17, 15) is 23.3 Å². The zero-order valence-corrected chi connectivity index (χ0v) is 14.8. The Hall–Kier alpha value is -2.20. The second-order valence-electron chi connectivity index (χ2n) is 6.26. The summed E-state index contributed by atoms with van der Waals surface area (Å²) in [5.41, 5.74) is -0.491. The van der Waals surface area contributed by atoms with Gasteiger partial charge in [0, 0.05) is 24.7 Å². The largest absolute Gasteiger partial charge is 0.465 e. The molecular formula is C15H21N3O6S. The minimum Gasteiger partial charge on any atom is -0.465 e. The molecular weight excluding hydrogens is 350 g/mol. The number of amides is 1. The summed E-state index contributed by atoms with van der Waals surface area (Å²) in [5.74, 6) is -0.0514. The predicted molar refractivity (Wildman–Crippen MR) is 89.8 cm³/mol. The summed E-state index contributed by atoms with van der Waals surface area (Å²) in [4.78, 5) is 21.1. The van der Waals surface area contributed by atoms with Crippen molar-refractivity contribution in [1.29, 1.82) is 0 Å². The average molecular weight is 371 g/mol. The topological polar surface area (TPSA) is 130 Å². The number of para-hydroxylation sites is 1. The van der Waals surface area contributed by atoms with E-state index in [1.807, 2.05) is 6.92 Å². The van der Waals surface area contributed by atoms with E-state index < -0.39 is 38.8 Å². The Balaban J connectivity index is 2.45. The highest BCUT2D eigenvalue weighted by molar-refractivity contribution is 7.89. The summed E-state index contributed by atoms with van der Waals surface area (Å²) < 4.78 is 27.3. The Kier molecular flexibility index (Phi) is 5.63. The van der Waals surface area contributed by atoms with Crippen LogP contribution in [-0.4, -0.2) is 47.5 Å². The molecule has 25 heavy (non-hydrogen) atoms. The van der Waals surface area contributed by atoms with Crippen molar-refractivity contribution >= 4 is 21.8 Å². The van der Waals surface area contributed by atoms with Gasteiger partial charge in [0.15, 0.2) is 4.90 Å². The van der Waals surface area contributed by atoms with Gasteiger partial charge in [0.25, 0.3) is 5.69 Å². The first-order chi connectivity index (χ1) is 11.6. The highest BCUT2D eigenvalue weighted by Gasteiger charge is 2.39. The van der Waals surface area contributed by atoms with E-state index in [2.05, 4.69) is 5.32 Å². The average Bonchev–Trinajstić information content (AvgIpc) is 2.68. The fraction of sp³-hybridized carbons (Fsp3) is 0.533. The Morgan fingerprint density at radius 3 is 2.56 bits per heavy atom. The van der Waals surface area contributed by atoms with Crippen LogP contribution in [0.25, 0.3) is 0 Å². The van der Waals surface area contributed by atoms with E-state index in [0.29, 0.717) is 12.8 Å². The number of nitrogens with one attached hydrogen (secondary N) is 1. The lowest BCUT2D eigenvalue weighted by Gasteiger charge is -2.29. The van der Waals surface area contributed by atoms with Crippen LogP contribution in [0.15, 0.2) is 29.2 Å². The van der Waals surface area contributed by atoms with Crippen molar-refractivity contribution in [3.8, 4) is 0 Å². The van der Waals surface area contributed by atoms with Gasteiger partial charge in [-0.1, -0.05) is 19.1 Å². The molecule has 1 aliphatic heterocycles. The van der Waals surface area contributed by atoms with Gasteiger partial charge in [0.2, 0.25) is 10.0 Å². The quantitative estimate of drug-likeness (QED) is 0.615. The molecule has 0 radical (unpaired) electrons. The summed E-state index contributed by atoms with van der Waals surface area (Å²) in [5, 5.41) is 22.6. The van der Waals surface area contributed by atoms with E-state index in [1.54, 1.807) is 6.92 Å². The number of carbonyl (C=O) groups is 1. The molecule has 0 unspecified atom stereocenters. The van der Waals surface area contributed by atoms with E-state index >= 15 is 0 Å². The molecule has 0 bridgehead atoms. The van der Waals surface area contributed by atoms with Crippen LogP contribution in [0.2, 0.25) is 0 Å². The first-order valence-corrected chi connectivity index (χ1v) is 9.33. The molecule has 1 heterocycles. The Morgan fingerprint density at radius 1 is 1.32 bits per heavy atom. The van der Waals surface area contributed by atoms with Gasteiger partial charge < -0.3 is 10.4 Å². The number of nitrogens with zero attached hydrogens (tertiary/aromatic N) is 2. The third kappa shape index (κ3) is 4.07. The molecule has 1 saturated heterocycles. The lowest BCUT2D eigenvalue weighted by molar-refractivity contribution is -0.387. The van der Waals surface area contributed by atoms with Crippen molar-refractivity contribution in [2.45, 2.75) is 43.7 Å². The van der Waals surface area contributed by atoms with Gasteiger partial charge in [0.05, 0.1) is 4.92 Å². The molecule has 2 N–H and O–H groups in total. The summed E-state index contributed by atoms with van der Waals surface area (Å²) in [6.07, 6.45) is -0.0390. The lowest BCUT2D eigenvalue weighted by Crippen LogP contribution is -2.48.